The summed E-state index contributed by atoms with van der Waals surface area (Å²) in [7, 11) is 3.89. The summed E-state index contributed by atoms with van der Waals surface area (Å²) >= 11 is 0. The van der Waals surface area contributed by atoms with Gasteiger partial charge in [-0.3, -0.25) is 0 Å². The highest BCUT2D eigenvalue weighted by Gasteiger charge is 2.12. The van der Waals surface area contributed by atoms with E-state index < -0.39 is 0 Å². The molecule has 2 heteroatoms. The molecule has 1 heterocycles. The van der Waals surface area contributed by atoms with Crippen LogP contribution in [0.4, 0.5) is 5.69 Å². The van der Waals surface area contributed by atoms with E-state index in [1.54, 1.807) is 0 Å². The number of anilines is 1. The number of nitrogens with zero attached hydrogens (tertiary/aromatic N) is 1. The van der Waals surface area contributed by atoms with Crippen LogP contribution in [0.1, 0.15) is 0 Å². The third-order valence-electron chi connectivity index (χ3n) is 1.82. The molecule has 0 spiro atoms. The first-order valence-electron chi connectivity index (χ1n) is 3.68. The minimum Gasteiger partial charge on any atom is -0.490 e. The topological polar surface area (TPSA) is 12.5 Å². The molecule has 0 fully saturated rings. The van der Waals surface area contributed by atoms with Crippen molar-refractivity contribution >= 4 is 5.69 Å². The van der Waals surface area contributed by atoms with Gasteiger partial charge in [-0.25, -0.2) is 0 Å². The van der Waals surface area contributed by atoms with Gasteiger partial charge in [-0.1, -0.05) is 12.1 Å². The van der Waals surface area contributed by atoms with Gasteiger partial charge in [0.2, 0.25) is 0 Å². The van der Waals surface area contributed by atoms with Gasteiger partial charge in [0.25, 0.3) is 0 Å². The molecular weight excluding hydrogens is 138 g/mol. The molecule has 0 atom stereocenters. The average molecular weight is 148 g/mol. The van der Waals surface area contributed by atoms with Crippen molar-refractivity contribution in [2.24, 2.45) is 0 Å². The summed E-state index contributed by atoms with van der Waals surface area (Å²) in [5, 5.41) is 0. The van der Waals surface area contributed by atoms with E-state index in [0.717, 1.165) is 24.6 Å². The molecule has 0 saturated heterocycles. The van der Waals surface area contributed by atoms with Crippen molar-refractivity contribution in [2.45, 2.75) is 0 Å². The molecule has 0 amide bonds. The van der Waals surface area contributed by atoms with Gasteiger partial charge in [0.1, 0.15) is 12.4 Å². The van der Waals surface area contributed by atoms with E-state index in [9.17, 15) is 0 Å². The fraction of sp³-hybridized carbons (Fsp3) is 0.222. The normalized spacial score (nSPS) is 15.5. The minimum atomic E-state index is 0.737. The van der Waals surface area contributed by atoms with Crippen LogP contribution in [0.2, 0.25) is 0 Å². The third-order valence-corrected chi connectivity index (χ3v) is 1.82. The second-order valence-electron chi connectivity index (χ2n) is 2.58. The summed E-state index contributed by atoms with van der Waals surface area (Å²) in [4.78, 5) is 1.96. The summed E-state index contributed by atoms with van der Waals surface area (Å²) in [6, 6.07) is 7.94. The zero-order chi connectivity index (χ0) is 7.68. The lowest BCUT2D eigenvalue weighted by atomic mass is 10.2. The molecule has 0 N–H and O–H groups in total. The number of hydrogen-bond acceptors (Lipinski definition) is 2. The van der Waals surface area contributed by atoms with Crippen LogP contribution in [0.5, 0.6) is 5.75 Å². The van der Waals surface area contributed by atoms with Crippen LogP contribution in [0.25, 0.3) is 0 Å². The molecule has 1 aromatic carbocycles. The molecule has 1 radical (unpaired) electrons. The molecule has 0 bridgehead atoms. The molecular formula is C9H10NO. The number of ether oxygens (including phenoxy) is 1. The Balaban J connectivity index is 2.44. The lowest BCUT2D eigenvalue weighted by Crippen LogP contribution is -2.26. The van der Waals surface area contributed by atoms with E-state index in [-0.39, 0.29) is 0 Å². The number of hydrogen-bond donors (Lipinski definition) is 0. The van der Waals surface area contributed by atoms with Crippen molar-refractivity contribution in [3.63, 3.8) is 0 Å². The summed E-state index contributed by atoms with van der Waals surface area (Å²) in [6.45, 7) is 1.61. The second kappa shape index (κ2) is 2.46. The first-order chi connectivity index (χ1) is 5.38. The predicted octanol–water partition coefficient (Wildman–Crippen LogP) is 1.68. The van der Waals surface area contributed by atoms with Gasteiger partial charge in [0.15, 0.2) is 0 Å². The molecule has 1 aliphatic heterocycles. The Kier molecular flexibility index (Phi) is 1.46. The van der Waals surface area contributed by atoms with E-state index >= 15 is 0 Å². The fourth-order valence-corrected chi connectivity index (χ4v) is 1.23. The van der Waals surface area contributed by atoms with Crippen molar-refractivity contribution in [1.29, 1.82) is 0 Å². The van der Waals surface area contributed by atoms with Gasteiger partial charge >= 0.3 is 0 Å². The van der Waals surface area contributed by atoms with E-state index in [1.165, 1.54) is 0 Å². The number of rotatable bonds is 0. The molecule has 0 saturated carbocycles. The molecule has 0 unspecified atom stereocenters. The van der Waals surface area contributed by atoms with Crippen LogP contribution in [-0.2, 0) is 0 Å². The van der Waals surface area contributed by atoms with Crippen molar-refractivity contribution in [1.82, 2.24) is 0 Å². The van der Waals surface area contributed by atoms with Gasteiger partial charge in [-0.05, 0) is 12.1 Å². The fourth-order valence-electron chi connectivity index (χ4n) is 1.23. The quantitative estimate of drug-likeness (QED) is 0.555. The zero-order valence-corrected chi connectivity index (χ0v) is 6.29. The number of benzene rings is 1. The number of fused-ring (bicyclic) bond motifs is 1. The van der Waals surface area contributed by atoms with E-state index in [1.807, 2.05) is 29.2 Å². The highest BCUT2D eigenvalue weighted by molar-refractivity contribution is 5.59. The lowest BCUT2D eigenvalue weighted by Gasteiger charge is -2.26. The summed E-state index contributed by atoms with van der Waals surface area (Å²) in [6.07, 6.45) is 0. The molecule has 0 aromatic heterocycles. The minimum absolute atomic E-state index is 0.737. The Morgan fingerprint density at radius 2 is 2.18 bits per heavy atom. The van der Waals surface area contributed by atoms with Gasteiger partial charge in [-0.15, -0.1) is 0 Å². The Morgan fingerprint density at radius 1 is 1.36 bits per heavy atom. The lowest BCUT2D eigenvalue weighted by molar-refractivity contribution is 0.313. The van der Waals surface area contributed by atoms with E-state index in [4.69, 9.17) is 4.74 Å². The maximum absolute atomic E-state index is 5.41. The summed E-state index contributed by atoms with van der Waals surface area (Å²) in [5.74, 6) is 0.939. The molecule has 11 heavy (non-hydrogen) atoms. The molecule has 1 aromatic rings. The second-order valence-corrected chi connectivity index (χ2v) is 2.58. The summed E-state index contributed by atoms with van der Waals surface area (Å²) in [5.41, 5.74) is 1.08. The highest BCUT2D eigenvalue weighted by Crippen LogP contribution is 2.29. The smallest absolute Gasteiger partial charge is 0.142 e. The maximum Gasteiger partial charge on any atom is 0.142 e. The first kappa shape index (κ1) is 6.53. The van der Waals surface area contributed by atoms with Gasteiger partial charge in [0, 0.05) is 7.05 Å². The molecule has 2 nitrogen and oxygen atoms in total. The van der Waals surface area contributed by atoms with Crippen LogP contribution in [0.3, 0.4) is 0 Å². The van der Waals surface area contributed by atoms with Crippen LogP contribution in [-0.4, -0.2) is 13.2 Å². The Bertz CT molecular complexity index is 259. The largest absolute Gasteiger partial charge is 0.490 e. The van der Waals surface area contributed by atoms with Crippen molar-refractivity contribution in [2.75, 3.05) is 18.1 Å². The Labute approximate surface area is 66.4 Å². The monoisotopic (exact) mass is 148 g/mol. The summed E-state index contributed by atoms with van der Waals surface area (Å²) < 4.78 is 5.41. The SMILES string of the molecule is [CH2]N1CCOc2ccccc21. The molecule has 1 aliphatic rings. The first-order valence-corrected chi connectivity index (χ1v) is 3.68. The van der Waals surface area contributed by atoms with E-state index in [0.29, 0.717) is 0 Å². The van der Waals surface area contributed by atoms with E-state index in [2.05, 4.69) is 7.05 Å². The Hall–Kier alpha value is -1.18. The standard InChI is InChI=1S/C9H10NO/c1-10-6-7-11-9-5-3-2-4-8(9)10/h2-5H,1,6-7H2. The Morgan fingerprint density at radius 3 is 3.00 bits per heavy atom. The predicted molar refractivity (Wildman–Crippen MR) is 44.6 cm³/mol. The molecule has 2 rings (SSSR count). The van der Waals surface area contributed by atoms with Crippen molar-refractivity contribution in [3.05, 3.63) is 31.3 Å². The average Bonchev–Trinajstić information content (AvgIpc) is 2.06. The van der Waals surface area contributed by atoms with Crippen molar-refractivity contribution < 1.29 is 4.74 Å². The van der Waals surface area contributed by atoms with Gasteiger partial charge < -0.3 is 9.64 Å². The third kappa shape index (κ3) is 1.04. The van der Waals surface area contributed by atoms with Crippen LogP contribution < -0.4 is 9.64 Å². The van der Waals surface area contributed by atoms with Crippen LogP contribution >= 0.6 is 0 Å². The van der Waals surface area contributed by atoms with Crippen LogP contribution in [0, 0.1) is 7.05 Å². The maximum atomic E-state index is 5.41. The number of para-hydroxylation sites is 2. The molecule has 0 aliphatic carbocycles. The van der Waals surface area contributed by atoms with Gasteiger partial charge in [-0.2, -0.15) is 0 Å². The molecule has 57 valence electrons. The highest BCUT2D eigenvalue weighted by atomic mass is 16.5. The zero-order valence-electron chi connectivity index (χ0n) is 6.29. The van der Waals surface area contributed by atoms with Crippen LogP contribution in [0.15, 0.2) is 24.3 Å². The van der Waals surface area contributed by atoms with Gasteiger partial charge in [0.05, 0.1) is 12.2 Å². The van der Waals surface area contributed by atoms with Crippen molar-refractivity contribution in [3.8, 4) is 5.75 Å².